The number of aromatic nitrogens is 2. The highest BCUT2D eigenvalue weighted by Gasteiger charge is 2.27. The summed E-state index contributed by atoms with van der Waals surface area (Å²) in [6, 6.07) is 19.2. The summed E-state index contributed by atoms with van der Waals surface area (Å²) < 4.78 is 0. The zero-order valence-corrected chi connectivity index (χ0v) is 21.2. The molecule has 0 radical (unpaired) electrons. The fraction of sp³-hybridized carbons (Fsp3) is 0.296. The molecule has 0 saturated carbocycles. The van der Waals surface area contributed by atoms with Gasteiger partial charge in [0.1, 0.15) is 11.9 Å². The van der Waals surface area contributed by atoms with Crippen molar-refractivity contribution in [3.8, 4) is 0 Å². The molecule has 0 fully saturated rings. The van der Waals surface area contributed by atoms with Crippen molar-refractivity contribution in [2.75, 3.05) is 11.4 Å². The summed E-state index contributed by atoms with van der Waals surface area (Å²) >= 11 is 7.56. The normalized spacial score (nSPS) is 11.8. The number of benzene rings is 2. The van der Waals surface area contributed by atoms with Gasteiger partial charge in [0.15, 0.2) is 5.16 Å². The second-order valence-electron chi connectivity index (χ2n) is 8.40. The van der Waals surface area contributed by atoms with Crippen LogP contribution in [0, 0.1) is 5.92 Å². The molecule has 3 aromatic rings. The van der Waals surface area contributed by atoms with Crippen molar-refractivity contribution < 1.29 is 4.79 Å². The van der Waals surface area contributed by atoms with Gasteiger partial charge in [-0.3, -0.25) is 4.79 Å². The number of rotatable bonds is 12. The van der Waals surface area contributed by atoms with E-state index in [1.54, 1.807) is 24.0 Å². The van der Waals surface area contributed by atoms with Crippen molar-refractivity contribution in [3.63, 3.8) is 0 Å². The van der Waals surface area contributed by atoms with Crippen LogP contribution < -0.4 is 10.2 Å². The molecule has 0 saturated heterocycles. The molecule has 0 aliphatic rings. The van der Waals surface area contributed by atoms with Crippen molar-refractivity contribution in [2.45, 2.75) is 43.8 Å². The first-order valence-corrected chi connectivity index (χ1v) is 12.7. The van der Waals surface area contributed by atoms with Gasteiger partial charge in [0.05, 0.1) is 0 Å². The highest BCUT2D eigenvalue weighted by molar-refractivity contribution is 7.98. The fourth-order valence-corrected chi connectivity index (χ4v) is 4.44. The van der Waals surface area contributed by atoms with E-state index in [1.165, 1.54) is 5.56 Å². The van der Waals surface area contributed by atoms with E-state index in [0.717, 1.165) is 17.1 Å². The number of hydrogen-bond donors (Lipinski definition) is 1. The Morgan fingerprint density at radius 2 is 1.85 bits per heavy atom. The highest BCUT2D eigenvalue weighted by Crippen LogP contribution is 2.24. The number of carbonyl (C=O) groups is 1. The first-order chi connectivity index (χ1) is 16.5. The largest absolute Gasteiger partial charge is 0.350 e. The number of nitrogens with one attached hydrogen (secondary N) is 1. The van der Waals surface area contributed by atoms with E-state index in [2.05, 4.69) is 42.9 Å². The Hall–Kier alpha value is -2.83. The van der Waals surface area contributed by atoms with Gasteiger partial charge >= 0.3 is 0 Å². The maximum Gasteiger partial charge on any atom is 0.243 e. The van der Waals surface area contributed by atoms with Gasteiger partial charge in [-0.25, -0.2) is 9.97 Å². The molecule has 0 aliphatic heterocycles. The van der Waals surface area contributed by atoms with E-state index >= 15 is 0 Å². The summed E-state index contributed by atoms with van der Waals surface area (Å²) in [7, 11) is 0. The Morgan fingerprint density at radius 1 is 1.12 bits per heavy atom. The van der Waals surface area contributed by atoms with Crippen LogP contribution in [-0.4, -0.2) is 28.5 Å². The van der Waals surface area contributed by atoms with E-state index in [-0.39, 0.29) is 11.9 Å². The molecule has 1 unspecified atom stereocenters. The van der Waals surface area contributed by atoms with E-state index in [4.69, 9.17) is 16.6 Å². The third kappa shape index (κ3) is 7.89. The first-order valence-electron chi connectivity index (χ1n) is 11.4. The summed E-state index contributed by atoms with van der Waals surface area (Å²) in [5.41, 5.74) is 2.21. The van der Waals surface area contributed by atoms with Gasteiger partial charge in [-0.2, -0.15) is 0 Å². The molecule has 0 spiro atoms. The van der Waals surface area contributed by atoms with E-state index in [0.29, 0.717) is 35.6 Å². The molecular formula is C27H31ClN4OS. The Labute approximate surface area is 211 Å². The number of halogens is 1. The van der Waals surface area contributed by atoms with Crippen molar-refractivity contribution in [1.29, 1.82) is 0 Å². The minimum atomic E-state index is -0.382. The van der Waals surface area contributed by atoms with Gasteiger partial charge in [0.25, 0.3) is 0 Å². The summed E-state index contributed by atoms with van der Waals surface area (Å²) in [5, 5.41) is 4.44. The predicted octanol–water partition coefficient (Wildman–Crippen LogP) is 6.15. The number of nitrogens with zero attached hydrogens (tertiary/aromatic N) is 3. The van der Waals surface area contributed by atoms with Crippen molar-refractivity contribution >= 4 is 35.1 Å². The van der Waals surface area contributed by atoms with Gasteiger partial charge in [-0.15, -0.1) is 6.58 Å². The maximum atomic E-state index is 13.3. The van der Waals surface area contributed by atoms with Crippen LogP contribution in [0.25, 0.3) is 0 Å². The molecule has 1 amide bonds. The molecule has 0 bridgehead atoms. The summed E-state index contributed by atoms with van der Waals surface area (Å²) in [6.45, 7) is 9.09. The van der Waals surface area contributed by atoms with Gasteiger partial charge in [0.2, 0.25) is 5.91 Å². The Morgan fingerprint density at radius 3 is 2.53 bits per heavy atom. The molecule has 1 heterocycles. The molecule has 5 nitrogen and oxygen atoms in total. The molecular weight excluding hydrogens is 464 g/mol. The second-order valence-corrected chi connectivity index (χ2v) is 9.78. The molecule has 2 aromatic carbocycles. The molecule has 3 rings (SSSR count). The van der Waals surface area contributed by atoms with Crippen LogP contribution in [0.15, 0.2) is 84.7 Å². The standard InChI is InChI=1S/C27H31ClN4OS/c1-4-16-32(25-14-15-29-27(31-25)34-19-22-8-6-5-7-9-22)24(17-20(2)3)26(33)30-18-21-10-12-23(28)13-11-21/h4-15,20,24H,1,16-19H2,2-3H3,(H,30,33). The average Bonchev–Trinajstić information content (AvgIpc) is 2.85. The number of anilines is 1. The molecule has 7 heteroatoms. The van der Waals surface area contributed by atoms with E-state index in [1.807, 2.05) is 53.4 Å². The number of thioether (sulfide) groups is 1. The highest BCUT2D eigenvalue weighted by atomic mass is 35.5. The van der Waals surface area contributed by atoms with Crippen LogP contribution >= 0.6 is 23.4 Å². The molecule has 178 valence electrons. The van der Waals surface area contributed by atoms with Crippen LogP contribution in [0.5, 0.6) is 0 Å². The average molecular weight is 495 g/mol. The summed E-state index contributed by atoms with van der Waals surface area (Å²) in [4.78, 5) is 24.6. The van der Waals surface area contributed by atoms with E-state index < -0.39 is 0 Å². The van der Waals surface area contributed by atoms with Gasteiger partial charge in [-0.05, 0) is 41.7 Å². The monoisotopic (exact) mass is 494 g/mol. The zero-order valence-electron chi connectivity index (χ0n) is 19.7. The van der Waals surface area contributed by atoms with Gasteiger partial charge in [0, 0.05) is 30.1 Å². The Balaban J connectivity index is 1.77. The molecule has 1 atom stereocenters. The topological polar surface area (TPSA) is 58.1 Å². The minimum absolute atomic E-state index is 0.0393. The summed E-state index contributed by atoms with van der Waals surface area (Å²) in [5.74, 6) is 1.79. The zero-order chi connectivity index (χ0) is 24.3. The minimum Gasteiger partial charge on any atom is -0.350 e. The maximum absolute atomic E-state index is 13.3. The molecule has 0 aliphatic carbocycles. The van der Waals surface area contributed by atoms with Gasteiger partial charge < -0.3 is 10.2 Å². The third-order valence-corrected chi connectivity index (χ3v) is 6.39. The lowest BCUT2D eigenvalue weighted by Crippen LogP contribution is -2.48. The van der Waals surface area contributed by atoms with Crippen LogP contribution in [0.3, 0.4) is 0 Å². The smallest absolute Gasteiger partial charge is 0.243 e. The lowest BCUT2D eigenvalue weighted by molar-refractivity contribution is -0.122. The van der Waals surface area contributed by atoms with Crippen molar-refractivity contribution in [1.82, 2.24) is 15.3 Å². The molecule has 1 N–H and O–H groups in total. The predicted molar refractivity (Wildman–Crippen MR) is 142 cm³/mol. The van der Waals surface area contributed by atoms with Gasteiger partial charge in [-0.1, -0.05) is 85.8 Å². The van der Waals surface area contributed by atoms with E-state index in [9.17, 15) is 4.79 Å². The Kier molecular flexibility index (Phi) is 9.98. The number of amides is 1. The third-order valence-electron chi connectivity index (χ3n) is 5.20. The molecule has 1 aromatic heterocycles. The number of carbonyl (C=O) groups excluding carboxylic acids is 1. The van der Waals surface area contributed by atoms with Crippen molar-refractivity contribution in [3.05, 3.63) is 95.7 Å². The van der Waals surface area contributed by atoms with Crippen LogP contribution in [0.2, 0.25) is 5.02 Å². The molecule has 34 heavy (non-hydrogen) atoms. The number of hydrogen-bond acceptors (Lipinski definition) is 5. The van der Waals surface area contributed by atoms with Crippen LogP contribution in [0.1, 0.15) is 31.4 Å². The quantitative estimate of drug-likeness (QED) is 0.186. The first kappa shape index (κ1) is 25.8. The van der Waals surface area contributed by atoms with Crippen molar-refractivity contribution in [2.24, 2.45) is 5.92 Å². The van der Waals surface area contributed by atoms with Crippen LogP contribution in [0.4, 0.5) is 5.82 Å². The lowest BCUT2D eigenvalue weighted by atomic mass is 10.0. The second kappa shape index (κ2) is 13.2. The van der Waals surface area contributed by atoms with Crippen LogP contribution in [-0.2, 0) is 17.1 Å². The SMILES string of the molecule is C=CCN(c1ccnc(SCc2ccccc2)n1)C(CC(C)C)C(=O)NCc1ccc(Cl)cc1. The Bertz CT molecular complexity index is 1060. The lowest BCUT2D eigenvalue weighted by Gasteiger charge is -2.32. The summed E-state index contributed by atoms with van der Waals surface area (Å²) in [6.07, 6.45) is 4.25. The fourth-order valence-electron chi connectivity index (χ4n) is 3.53.